The first kappa shape index (κ1) is 12.2. The van der Waals surface area contributed by atoms with Crippen molar-refractivity contribution in [1.82, 2.24) is 10.2 Å². The van der Waals surface area contributed by atoms with Gasteiger partial charge in [0.1, 0.15) is 5.70 Å². The molecule has 6 nitrogen and oxygen atoms in total. The molecule has 0 saturated carbocycles. The molecule has 7 heteroatoms. The van der Waals surface area contributed by atoms with Crippen molar-refractivity contribution in [3.63, 3.8) is 0 Å². The van der Waals surface area contributed by atoms with Crippen LogP contribution in [-0.4, -0.2) is 27.9 Å². The molecule has 0 aliphatic carbocycles. The number of hydrogen-bond donors (Lipinski definition) is 1. The van der Waals surface area contributed by atoms with Crippen LogP contribution in [-0.2, 0) is 4.79 Å². The molecule has 1 amide bonds. The summed E-state index contributed by atoms with van der Waals surface area (Å²) in [6.07, 6.45) is 1.43. The summed E-state index contributed by atoms with van der Waals surface area (Å²) in [5.41, 5.74) is 0.535. The lowest BCUT2D eigenvalue weighted by Gasteiger charge is -2.02. The number of rotatable bonds is 2. The second-order valence-corrected chi connectivity index (χ2v) is 4.05. The van der Waals surface area contributed by atoms with Gasteiger partial charge in [-0.3, -0.25) is 19.8 Å². The van der Waals surface area contributed by atoms with Crippen molar-refractivity contribution in [3.8, 4) is 0 Å². The maximum Gasteiger partial charge on any atom is 0.276 e. The molecule has 18 heavy (non-hydrogen) atoms. The van der Waals surface area contributed by atoms with Crippen molar-refractivity contribution >= 4 is 35.0 Å². The van der Waals surface area contributed by atoms with Crippen LogP contribution >= 0.6 is 12.2 Å². The van der Waals surface area contributed by atoms with Gasteiger partial charge in [0.05, 0.1) is 10.5 Å². The minimum Gasteiger partial charge on any atom is -0.328 e. The second kappa shape index (κ2) is 4.53. The van der Waals surface area contributed by atoms with Crippen molar-refractivity contribution in [2.24, 2.45) is 0 Å². The highest BCUT2D eigenvalue weighted by molar-refractivity contribution is 7.80. The molecule has 0 unspecified atom stereocenters. The number of carbonyl (C=O) groups is 1. The second-order valence-electron chi connectivity index (χ2n) is 3.67. The summed E-state index contributed by atoms with van der Waals surface area (Å²) in [6.45, 7) is 0. The van der Waals surface area contributed by atoms with Gasteiger partial charge in [-0.05, 0) is 24.4 Å². The van der Waals surface area contributed by atoms with E-state index in [1.807, 2.05) is 0 Å². The first-order valence-electron chi connectivity index (χ1n) is 5.05. The van der Waals surface area contributed by atoms with E-state index < -0.39 is 4.92 Å². The molecule has 0 aromatic heterocycles. The Morgan fingerprint density at radius 2 is 2.11 bits per heavy atom. The number of hydrogen-bond acceptors (Lipinski definition) is 4. The Bertz CT molecular complexity index is 583. The van der Waals surface area contributed by atoms with E-state index in [0.29, 0.717) is 5.56 Å². The number of nitro groups is 1. The Kier molecular flexibility index (Phi) is 3.07. The van der Waals surface area contributed by atoms with Gasteiger partial charge in [-0.25, -0.2) is 0 Å². The highest BCUT2D eigenvalue weighted by Gasteiger charge is 2.27. The number of benzene rings is 1. The van der Waals surface area contributed by atoms with Gasteiger partial charge in [-0.1, -0.05) is 12.1 Å². The van der Waals surface area contributed by atoms with E-state index in [2.05, 4.69) is 5.32 Å². The third-order valence-corrected chi connectivity index (χ3v) is 2.89. The fraction of sp³-hybridized carbons (Fsp3) is 0.0909. The molecule has 1 heterocycles. The Labute approximate surface area is 108 Å². The molecule has 1 N–H and O–H groups in total. The molecule has 0 bridgehead atoms. The van der Waals surface area contributed by atoms with Gasteiger partial charge in [0.2, 0.25) is 0 Å². The number of nitrogens with zero attached hydrogens (tertiary/aromatic N) is 2. The fourth-order valence-electron chi connectivity index (χ4n) is 1.55. The standard InChI is InChI=1S/C11H9N3O3S/c1-13-10(15)8(12-11(13)18)6-7-4-2-3-5-9(7)14(16)17/h2-6H,1H3,(H,12,18)/b8-6+. The number of likely N-dealkylation sites (N-methyl/N-ethyl adjacent to an activating group) is 1. The minimum atomic E-state index is -0.492. The third-order valence-electron chi connectivity index (χ3n) is 2.51. The molecule has 1 aromatic carbocycles. The summed E-state index contributed by atoms with van der Waals surface area (Å²) in [6, 6.07) is 6.19. The zero-order valence-electron chi connectivity index (χ0n) is 9.41. The Balaban J connectivity index is 2.43. The normalized spacial score (nSPS) is 17.2. The van der Waals surface area contributed by atoms with Crippen LogP contribution in [0.4, 0.5) is 5.69 Å². The maximum absolute atomic E-state index is 11.7. The molecule has 1 aliphatic heterocycles. The Morgan fingerprint density at radius 1 is 1.44 bits per heavy atom. The van der Waals surface area contributed by atoms with Crippen LogP contribution in [0.2, 0.25) is 0 Å². The van der Waals surface area contributed by atoms with Crippen LogP contribution in [0.25, 0.3) is 6.08 Å². The average molecular weight is 263 g/mol. The Hall–Kier alpha value is -2.28. The third kappa shape index (κ3) is 2.07. The lowest BCUT2D eigenvalue weighted by Crippen LogP contribution is -2.25. The molecule has 0 atom stereocenters. The number of carbonyl (C=O) groups excluding carboxylic acids is 1. The summed E-state index contributed by atoms with van der Waals surface area (Å²) in [7, 11) is 1.54. The summed E-state index contributed by atoms with van der Waals surface area (Å²) >= 11 is 4.92. The van der Waals surface area contributed by atoms with Crippen molar-refractivity contribution in [3.05, 3.63) is 45.6 Å². The lowest BCUT2D eigenvalue weighted by atomic mass is 10.1. The Morgan fingerprint density at radius 3 is 2.67 bits per heavy atom. The molecule has 0 radical (unpaired) electrons. The topological polar surface area (TPSA) is 75.5 Å². The van der Waals surface area contributed by atoms with Gasteiger partial charge in [0.15, 0.2) is 5.11 Å². The van der Waals surface area contributed by atoms with Crippen LogP contribution in [0, 0.1) is 10.1 Å². The van der Waals surface area contributed by atoms with Crippen molar-refractivity contribution in [1.29, 1.82) is 0 Å². The van der Waals surface area contributed by atoms with E-state index in [0.717, 1.165) is 0 Å². The van der Waals surface area contributed by atoms with Crippen molar-refractivity contribution in [2.45, 2.75) is 0 Å². The smallest absolute Gasteiger partial charge is 0.276 e. The monoisotopic (exact) mass is 263 g/mol. The zero-order valence-corrected chi connectivity index (χ0v) is 10.2. The van der Waals surface area contributed by atoms with Gasteiger partial charge < -0.3 is 5.32 Å². The number of nitrogens with one attached hydrogen (secondary N) is 1. The number of para-hydroxylation sites is 1. The zero-order chi connectivity index (χ0) is 13.3. The van der Waals surface area contributed by atoms with E-state index in [4.69, 9.17) is 12.2 Å². The lowest BCUT2D eigenvalue weighted by molar-refractivity contribution is -0.385. The summed E-state index contributed by atoms with van der Waals surface area (Å²) in [4.78, 5) is 23.4. The molecule has 1 aliphatic rings. The molecule has 1 fully saturated rings. The highest BCUT2D eigenvalue weighted by atomic mass is 32.1. The average Bonchev–Trinajstić information content (AvgIpc) is 2.57. The summed E-state index contributed by atoms with van der Waals surface area (Å²) in [5.74, 6) is -0.307. The van der Waals surface area contributed by atoms with Gasteiger partial charge >= 0.3 is 0 Å². The SMILES string of the molecule is CN1C(=O)/C(=C\c2ccccc2[N+](=O)[O-])NC1=S. The molecule has 1 aromatic rings. The van der Waals surface area contributed by atoms with Crippen LogP contribution in [0.1, 0.15) is 5.56 Å². The van der Waals surface area contributed by atoms with E-state index in [1.165, 1.54) is 24.1 Å². The van der Waals surface area contributed by atoms with Gasteiger partial charge in [-0.2, -0.15) is 0 Å². The van der Waals surface area contributed by atoms with Crippen LogP contribution in [0.15, 0.2) is 30.0 Å². The fourth-order valence-corrected chi connectivity index (χ4v) is 1.75. The predicted molar refractivity (Wildman–Crippen MR) is 69.6 cm³/mol. The first-order valence-corrected chi connectivity index (χ1v) is 5.45. The van der Waals surface area contributed by atoms with Crippen LogP contribution in [0.5, 0.6) is 0 Å². The van der Waals surface area contributed by atoms with Crippen molar-refractivity contribution in [2.75, 3.05) is 7.05 Å². The predicted octanol–water partition coefficient (Wildman–Crippen LogP) is 1.28. The number of amides is 1. The number of nitro benzene ring substituents is 1. The maximum atomic E-state index is 11.7. The van der Waals surface area contributed by atoms with Gasteiger partial charge in [0, 0.05) is 13.1 Å². The summed E-state index contributed by atoms with van der Waals surface area (Å²) < 4.78 is 0. The minimum absolute atomic E-state index is 0.0555. The molecular weight excluding hydrogens is 254 g/mol. The quantitative estimate of drug-likeness (QED) is 0.376. The van der Waals surface area contributed by atoms with E-state index >= 15 is 0 Å². The molecular formula is C11H9N3O3S. The molecule has 2 rings (SSSR count). The largest absolute Gasteiger partial charge is 0.328 e. The highest BCUT2D eigenvalue weighted by Crippen LogP contribution is 2.21. The molecule has 0 spiro atoms. The summed E-state index contributed by atoms with van der Waals surface area (Å²) in [5, 5.41) is 13.8. The molecule has 1 saturated heterocycles. The van der Waals surface area contributed by atoms with E-state index in [-0.39, 0.29) is 22.4 Å². The first-order chi connectivity index (χ1) is 8.50. The number of thiocarbonyl (C=S) groups is 1. The van der Waals surface area contributed by atoms with Crippen LogP contribution in [0.3, 0.4) is 0 Å². The molecule has 92 valence electrons. The van der Waals surface area contributed by atoms with E-state index in [9.17, 15) is 14.9 Å². The van der Waals surface area contributed by atoms with Gasteiger partial charge in [-0.15, -0.1) is 0 Å². The van der Waals surface area contributed by atoms with Crippen LogP contribution < -0.4 is 5.32 Å². The van der Waals surface area contributed by atoms with Gasteiger partial charge in [0.25, 0.3) is 11.6 Å². The van der Waals surface area contributed by atoms with E-state index in [1.54, 1.807) is 18.2 Å². The van der Waals surface area contributed by atoms with Crippen molar-refractivity contribution < 1.29 is 9.72 Å².